The Hall–Kier alpha value is -1.69. The number of anilines is 1. The standard InChI is InChI=1S/C15H12Cl2N2/c1-10-3-2-4-15(13(10)8-18)19-9-11-5-6-12(16)7-14(11)17/h2-7,19H,9H2,1H3. The van der Waals surface area contributed by atoms with Crippen molar-refractivity contribution in [2.75, 3.05) is 5.32 Å². The van der Waals surface area contributed by atoms with Crippen molar-refractivity contribution in [3.63, 3.8) is 0 Å². The van der Waals surface area contributed by atoms with Gasteiger partial charge in [0.2, 0.25) is 0 Å². The number of benzene rings is 2. The van der Waals surface area contributed by atoms with E-state index in [-0.39, 0.29) is 0 Å². The molecule has 0 aliphatic rings. The summed E-state index contributed by atoms with van der Waals surface area (Å²) in [5, 5.41) is 13.6. The first-order valence-electron chi connectivity index (χ1n) is 5.79. The van der Waals surface area contributed by atoms with Crippen molar-refractivity contribution in [2.24, 2.45) is 0 Å². The molecule has 0 fully saturated rings. The normalized spacial score (nSPS) is 10.0. The molecular formula is C15H12Cl2N2. The minimum Gasteiger partial charge on any atom is -0.380 e. The smallest absolute Gasteiger partial charge is 0.102 e. The molecule has 2 aromatic carbocycles. The molecule has 0 heterocycles. The molecule has 0 atom stereocenters. The van der Waals surface area contributed by atoms with E-state index < -0.39 is 0 Å². The molecule has 2 aromatic rings. The number of hydrogen-bond acceptors (Lipinski definition) is 2. The van der Waals surface area contributed by atoms with Crippen LogP contribution in [0.3, 0.4) is 0 Å². The second-order valence-corrected chi connectivity index (χ2v) is 5.04. The first-order valence-corrected chi connectivity index (χ1v) is 6.55. The highest BCUT2D eigenvalue weighted by molar-refractivity contribution is 6.35. The zero-order valence-electron chi connectivity index (χ0n) is 10.4. The Kier molecular flexibility index (Phi) is 4.31. The number of nitrogens with zero attached hydrogens (tertiary/aromatic N) is 1. The average molecular weight is 291 g/mol. The first-order chi connectivity index (χ1) is 9.11. The van der Waals surface area contributed by atoms with E-state index in [1.807, 2.05) is 31.2 Å². The van der Waals surface area contributed by atoms with E-state index in [4.69, 9.17) is 28.5 Å². The molecule has 0 bridgehead atoms. The van der Waals surface area contributed by atoms with Crippen molar-refractivity contribution in [2.45, 2.75) is 13.5 Å². The van der Waals surface area contributed by atoms with E-state index in [1.54, 1.807) is 12.1 Å². The minimum absolute atomic E-state index is 0.550. The lowest BCUT2D eigenvalue weighted by Gasteiger charge is -2.11. The third-order valence-corrected chi connectivity index (χ3v) is 3.46. The molecule has 0 radical (unpaired) electrons. The van der Waals surface area contributed by atoms with Crippen LogP contribution in [0, 0.1) is 18.3 Å². The summed E-state index contributed by atoms with van der Waals surface area (Å²) in [7, 11) is 0. The van der Waals surface area contributed by atoms with Crippen LogP contribution >= 0.6 is 23.2 Å². The van der Waals surface area contributed by atoms with Gasteiger partial charge in [0.25, 0.3) is 0 Å². The third kappa shape index (κ3) is 3.20. The summed E-state index contributed by atoms with van der Waals surface area (Å²) in [6.07, 6.45) is 0. The Bertz CT molecular complexity index is 645. The zero-order chi connectivity index (χ0) is 13.8. The Morgan fingerprint density at radius 3 is 2.68 bits per heavy atom. The molecule has 1 N–H and O–H groups in total. The predicted octanol–water partition coefficient (Wildman–Crippen LogP) is 4.79. The van der Waals surface area contributed by atoms with E-state index in [0.717, 1.165) is 16.8 Å². The predicted molar refractivity (Wildman–Crippen MR) is 79.7 cm³/mol. The minimum atomic E-state index is 0.550. The van der Waals surface area contributed by atoms with Crippen LogP contribution in [-0.4, -0.2) is 0 Å². The van der Waals surface area contributed by atoms with Crippen LogP contribution < -0.4 is 5.32 Å². The zero-order valence-corrected chi connectivity index (χ0v) is 11.9. The van der Waals surface area contributed by atoms with Crippen molar-refractivity contribution in [1.29, 1.82) is 5.26 Å². The number of aryl methyl sites for hydroxylation is 1. The van der Waals surface area contributed by atoms with Crippen molar-refractivity contribution in [3.8, 4) is 6.07 Å². The lowest BCUT2D eigenvalue weighted by atomic mass is 10.1. The van der Waals surface area contributed by atoms with Crippen LogP contribution in [0.4, 0.5) is 5.69 Å². The summed E-state index contributed by atoms with van der Waals surface area (Å²) in [5.74, 6) is 0. The Balaban J connectivity index is 2.20. The van der Waals surface area contributed by atoms with Crippen molar-refractivity contribution >= 4 is 28.9 Å². The summed E-state index contributed by atoms with van der Waals surface area (Å²) in [6.45, 7) is 2.47. The fraction of sp³-hybridized carbons (Fsp3) is 0.133. The molecule has 0 saturated carbocycles. The molecule has 2 rings (SSSR count). The molecule has 0 unspecified atom stereocenters. The fourth-order valence-electron chi connectivity index (χ4n) is 1.82. The molecule has 96 valence electrons. The summed E-state index contributed by atoms with van der Waals surface area (Å²) in [6, 6.07) is 13.3. The van der Waals surface area contributed by atoms with Gasteiger partial charge in [0.15, 0.2) is 0 Å². The Labute approximate surface area is 122 Å². The topological polar surface area (TPSA) is 35.8 Å². The van der Waals surface area contributed by atoms with Gasteiger partial charge >= 0.3 is 0 Å². The molecule has 0 spiro atoms. The van der Waals surface area contributed by atoms with Crippen LogP contribution in [0.15, 0.2) is 36.4 Å². The molecule has 19 heavy (non-hydrogen) atoms. The SMILES string of the molecule is Cc1cccc(NCc2ccc(Cl)cc2Cl)c1C#N. The molecule has 0 saturated heterocycles. The Morgan fingerprint density at radius 2 is 2.00 bits per heavy atom. The number of nitriles is 1. The summed E-state index contributed by atoms with van der Waals surface area (Å²) < 4.78 is 0. The van der Waals surface area contributed by atoms with Gasteiger partial charge in [-0.3, -0.25) is 0 Å². The number of nitrogens with one attached hydrogen (secondary N) is 1. The van der Waals surface area contributed by atoms with Crippen molar-refractivity contribution in [1.82, 2.24) is 0 Å². The van der Waals surface area contributed by atoms with Gasteiger partial charge in [0.1, 0.15) is 6.07 Å². The highest BCUT2D eigenvalue weighted by Crippen LogP contribution is 2.23. The quantitative estimate of drug-likeness (QED) is 0.882. The number of rotatable bonds is 3. The number of hydrogen-bond donors (Lipinski definition) is 1. The van der Waals surface area contributed by atoms with Gasteiger partial charge in [-0.2, -0.15) is 5.26 Å². The van der Waals surface area contributed by atoms with Gasteiger partial charge in [-0.25, -0.2) is 0 Å². The van der Waals surface area contributed by atoms with Crippen molar-refractivity contribution < 1.29 is 0 Å². The monoisotopic (exact) mass is 290 g/mol. The molecule has 0 aliphatic heterocycles. The van der Waals surface area contributed by atoms with Crippen LogP contribution in [-0.2, 0) is 6.54 Å². The summed E-state index contributed by atoms with van der Waals surface area (Å²) >= 11 is 12.0. The largest absolute Gasteiger partial charge is 0.380 e. The lowest BCUT2D eigenvalue weighted by molar-refractivity contribution is 1.14. The van der Waals surface area contributed by atoms with Gasteiger partial charge < -0.3 is 5.32 Å². The van der Waals surface area contributed by atoms with Crippen molar-refractivity contribution in [3.05, 3.63) is 63.1 Å². The van der Waals surface area contributed by atoms with Crippen LogP contribution in [0.1, 0.15) is 16.7 Å². The fourth-order valence-corrected chi connectivity index (χ4v) is 2.29. The van der Waals surface area contributed by atoms with Crippen LogP contribution in [0.2, 0.25) is 10.0 Å². The van der Waals surface area contributed by atoms with E-state index in [9.17, 15) is 0 Å². The maximum atomic E-state index is 9.15. The van der Waals surface area contributed by atoms with Gasteiger partial charge in [-0.05, 0) is 36.2 Å². The van der Waals surface area contributed by atoms with Crippen LogP contribution in [0.25, 0.3) is 0 Å². The molecule has 0 aliphatic carbocycles. The summed E-state index contributed by atoms with van der Waals surface area (Å²) in [5.41, 5.74) is 3.37. The maximum absolute atomic E-state index is 9.15. The van der Waals surface area contributed by atoms with E-state index in [0.29, 0.717) is 22.2 Å². The second kappa shape index (κ2) is 5.97. The van der Waals surface area contributed by atoms with Crippen LogP contribution in [0.5, 0.6) is 0 Å². The van der Waals surface area contributed by atoms with Gasteiger partial charge in [-0.15, -0.1) is 0 Å². The molecule has 0 aromatic heterocycles. The average Bonchev–Trinajstić information content (AvgIpc) is 2.38. The third-order valence-electron chi connectivity index (χ3n) is 2.87. The van der Waals surface area contributed by atoms with Gasteiger partial charge in [-0.1, -0.05) is 41.4 Å². The molecular weight excluding hydrogens is 279 g/mol. The van der Waals surface area contributed by atoms with Gasteiger partial charge in [0.05, 0.1) is 11.3 Å². The second-order valence-electron chi connectivity index (χ2n) is 4.20. The number of halogens is 2. The first kappa shape index (κ1) is 13.7. The van der Waals surface area contributed by atoms with Gasteiger partial charge in [0, 0.05) is 16.6 Å². The van der Waals surface area contributed by atoms with E-state index in [2.05, 4.69) is 11.4 Å². The molecule has 2 nitrogen and oxygen atoms in total. The summed E-state index contributed by atoms with van der Waals surface area (Å²) in [4.78, 5) is 0. The maximum Gasteiger partial charge on any atom is 0.102 e. The molecule has 0 amide bonds. The van der Waals surface area contributed by atoms with E-state index in [1.165, 1.54) is 0 Å². The lowest BCUT2D eigenvalue weighted by Crippen LogP contribution is -2.02. The highest BCUT2D eigenvalue weighted by Gasteiger charge is 2.06. The highest BCUT2D eigenvalue weighted by atomic mass is 35.5. The Morgan fingerprint density at radius 1 is 1.21 bits per heavy atom. The van der Waals surface area contributed by atoms with E-state index >= 15 is 0 Å². The molecule has 4 heteroatoms.